The van der Waals surface area contributed by atoms with Crippen LogP contribution in [0.25, 0.3) is 0 Å². The summed E-state index contributed by atoms with van der Waals surface area (Å²) in [7, 11) is 1.28. The molecule has 0 aliphatic carbocycles. The molecule has 0 N–H and O–H groups in total. The highest BCUT2D eigenvalue weighted by atomic mass is 79.9. The maximum Gasteiger partial charge on any atom is 0.343 e. The SMILES string of the molecule is COC(=O)COc1cc(Cl)c(Br)cc1Cl. The molecule has 0 aromatic heterocycles. The van der Waals surface area contributed by atoms with Gasteiger partial charge in [-0.05, 0) is 22.0 Å². The number of carbonyl (C=O) groups excluding carboxylic acids is 1. The van der Waals surface area contributed by atoms with Crippen molar-refractivity contribution in [3.05, 3.63) is 26.7 Å². The lowest BCUT2D eigenvalue weighted by atomic mass is 10.3. The average molecular weight is 314 g/mol. The summed E-state index contributed by atoms with van der Waals surface area (Å²) in [6, 6.07) is 3.12. The molecule has 0 saturated carbocycles. The number of benzene rings is 1. The smallest absolute Gasteiger partial charge is 0.343 e. The van der Waals surface area contributed by atoms with Crippen LogP contribution in [-0.4, -0.2) is 19.7 Å². The first-order valence-electron chi connectivity index (χ1n) is 3.88. The molecule has 1 aromatic carbocycles. The van der Waals surface area contributed by atoms with E-state index in [0.29, 0.717) is 20.3 Å². The highest BCUT2D eigenvalue weighted by Gasteiger charge is 2.08. The van der Waals surface area contributed by atoms with Crippen molar-refractivity contribution >= 4 is 45.1 Å². The summed E-state index contributed by atoms with van der Waals surface area (Å²) < 4.78 is 10.2. The third kappa shape index (κ3) is 3.55. The zero-order chi connectivity index (χ0) is 11.4. The van der Waals surface area contributed by atoms with Gasteiger partial charge in [-0.25, -0.2) is 4.79 Å². The number of carbonyl (C=O) groups is 1. The van der Waals surface area contributed by atoms with Crippen molar-refractivity contribution in [1.29, 1.82) is 0 Å². The topological polar surface area (TPSA) is 35.5 Å². The van der Waals surface area contributed by atoms with Crippen LogP contribution in [0.2, 0.25) is 10.0 Å². The van der Waals surface area contributed by atoms with Gasteiger partial charge in [-0.15, -0.1) is 0 Å². The van der Waals surface area contributed by atoms with Crippen molar-refractivity contribution in [2.45, 2.75) is 0 Å². The molecule has 0 fully saturated rings. The Morgan fingerprint density at radius 3 is 2.67 bits per heavy atom. The summed E-state index contributed by atoms with van der Waals surface area (Å²) in [5.41, 5.74) is 0. The van der Waals surface area contributed by atoms with Gasteiger partial charge in [0.05, 0.1) is 17.2 Å². The maximum absolute atomic E-state index is 10.8. The van der Waals surface area contributed by atoms with Crippen molar-refractivity contribution in [1.82, 2.24) is 0 Å². The molecule has 15 heavy (non-hydrogen) atoms. The summed E-state index contributed by atoms with van der Waals surface area (Å²) in [6.07, 6.45) is 0. The van der Waals surface area contributed by atoms with Crippen LogP contribution in [0.5, 0.6) is 5.75 Å². The van der Waals surface area contributed by atoms with Crippen LogP contribution in [0.4, 0.5) is 0 Å². The van der Waals surface area contributed by atoms with Crippen LogP contribution in [0.1, 0.15) is 0 Å². The summed E-state index contributed by atoms with van der Waals surface area (Å²) >= 11 is 14.9. The molecule has 0 heterocycles. The third-order valence-electron chi connectivity index (χ3n) is 1.55. The average Bonchev–Trinajstić information content (AvgIpc) is 2.21. The van der Waals surface area contributed by atoms with Crippen molar-refractivity contribution in [3.63, 3.8) is 0 Å². The highest BCUT2D eigenvalue weighted by molar-refractivity contribution is 9.10. The van der Waals surface area contributed by atoms with Crippen molar-refractivity contribution in [3.8, 4) is 5.75 Å². The van der Waals surface area contributed by atoms with Gasteiger partial charge < -0.3 is 9.47 Å². The second-order valence-corrected chi connectivity index (χ2v) is 4.23. The minimum absolute atomic E-state index is 0.200. The Labute approximate surface area is 105 Å². The molecule has 3 nitrogen and oxygen atoms in total. The van der Waals surface area contributed by atoms with Gasteiger partial charge in [0.25, 0.3) is 0 Å². The zero-order valence-corrected chi connectivity index (χ0v) is 10.8. The Morgan fingerprint density at radius 2 is 2.07 bits per heavy atom. The Bertz CT molecular complexity index is 382. The van der Waals surface area contributed by atoms with Gasteiger partial charge >= 0.3 is 5.97 Å². The van der Waals surface area contributed by atoms with E-state index < -0.39 is 5.97 Å². The normalized spacial score (nSPS) is 9.87. The maximum atomic E-state index is 10.8. The number of methoxy groups -OCH3 is 1. The molecule has 1 aromatic rings. The van der Waals surface area contributed by atoms with Gasteiger partial charge in [-0.3, -0.25) is 0 Å². The minimum Gasteiger partial charge on any atom is -0.480 e. The first-order valence-corrected chi connectivity index (χ1v) is 5.43. The van der Waals surface area contributed by atoms with E-state index in [2.05, 4.69) is 20.7 Å². The monoisotopic (exact) mass is 312 g/mol. The van der Waals surface area contributed by atoms with E-state index in [4.69, 9.17) is 27.9 Å². The molecular weight excluding hydrogens is 307 g/mol. The second-order valence-electron chi connectivity index (χ2n) is 2.56. The minimum atomic E-state index is -0.481. The van der Waals surface area contributed by atoms with Gasteiger partial charge in [0.15, 0.2) is 6.61 Å². The molecule has 0 aliphatic heterocycles. The van der Waals surface area contributed by atoms with Crippen LogP contribution in [-0.2, 0) is 9.53 Å². The first kappa shape index (κ1) is 12.6. The molecule has 0 amide bonds. The predicted molar refractivity (Wildman–Crippen MR) is 61.7 cm³/mol. The lowest BCUT2D eigenvalue weighted by molar-refractivity contribution is -0.142. The van der Waals surface area contributed by atoms with Crippen molar-refractivity contribution in [2.75, 3.05) is 13.7 Å². The van der Waals surface area contributed by atoms with E-state index in [0.717, 1.165) is 0 Å². The molecule has 0 spiro atoms. The molecule has 0 radical (unpaired) electrons. The molecule has 0 atom stereocenters. The Balaban J connectivity index is 2.77. The number of esters is 1. The molecule has 0 aliphatic rings. The van der Waals surface area contributed by atoms with E-state index in [1.54, 1.807) is 6.07 Å². The lowest BCUT2D eigenvalue weighted by Gasteiger charge is -2.07. The summed E-state index contributed by atoms with van der Waals surface area (Å²) in [5.74, 6) is -0.139. The van der Waals surface area contributed by atoms with Crippen molar-refractivity contribution in [2.24, 2.45) is 0 Å². The van der Waals surface area contributed by atoms with E-state index in [-0.39, 0.29) is 6.61 Å². The van der Waals surface area contributed by atoms with E-state index in [9.17, 15) is 4.79 Å². The zero-order valence-electron chi connectivity index (χ0n) is 7.72. The fraction of sp³-hybridized carbons (Fsp3) is 0.222. The van der Waals surface area contributed by atoms with Gasteiger partial charge in [-0.1, -0.05) is 23.2 Å². The molecule has 0 unspecified atom stereocenters. The van der Waals surface area contributed by atoms with Gasteiger partial charge in [0.2, 0.25) is 0 Å². The fourth-order valence-electron chi connectivity index (χ4n) is 0.811. The summed E-state index contributed by atoms with van der Waals surface area (Å²) in [6.45, 7) is -0.200. The molecule has 6 heteroatoms. The Kier molecular flexibility index (Phi) is 4.70. The summed E-state index contributed by atoms with van der Waals surface area (Å²) in [5, 5.41) is 0.828. The van der Waals surface area contributed by atoms with Gasteiger partial charge in [-0.2, -0.15) is 0 Å². The van der Waals surface area contributed by atoms with E-state index in [1.807, 2.05) is 0 Å². The standard InChI is InChI=1S/C9H7BrCl2O3/c1-14-9(13)4-15-8-3-6(11)5(10)2-7(8)12/h2-3H,4H2,1H3. The first-order chi connectivity index (χ1) is 7.04. The van der Waals surface area contributed by atoms with Crippen LogP contribution in [0.15, 0.2) is 16.6 Å². The molecule has 1 rings (SSSR count). The van der Waals surface area contributed by atoms with E-state index >= 15 is 0 Å². The van der Waals surface area contributed by atoms with Crippen LogP contribution < -0.4 is 4.74 Å². The third-order valence-corrected chi connectivity index (χ3v) is 3.04. The molecule has 0 bridgehead atoms. The Morgan fingerprint density at radius 1 is 1.40 bits per heavy atom. The van der Waals surface area contributed by atoms with Crippen LogP contribution in [0, 0.1) is 0 Å². The summed E-state index contributed by atoms with van der Waals surface area (Å²) in [4.78, 5) is 10.8. The van der Waals surface area contributed by atoms with E-state index in [1.165, 1.54) is 13.2 Å². The number of halogens is 3. The number of hydrogen-bond donors (Lipinski definition) is 0. The van der Waals surface area contributed by atoms with Gasteiger partial charge in [0.1, 0.15) is 5.75 Å². The molecule has 0 saturated heterocycles. The predicted octanol–water partition coefficient (Wildman–Crippen LogP) is 3.31. The lowest BCUT2D eigenvalue weighted by Crippen LogP contribution is -2.12. The van der Waals surface area contributed by atoms with Crippen LogP contribution in [0.3, 0.4) is 0 Å². The largest absolute Gasteiger partial charge is 0.480 e. The Hall–Kier alpha value is -0.450. The highest BCUT2D eigenvalue weighted by Crippen LogP contribution is 2.33. The number of rotatable bonds is 3. The molecular formula is C9H7BrCl2O3. The van der Waals surface area contributed by atoms with Crippen LogP contribution >= 0.6 is 39.1 Å². The fourth-order valence-corrected chi connectivity index (χ4v) is 1.66. The quantitative estimate of drug-likeness (QED) is 0.634. The molecule has 82 valence electrons. The number of ether oxygens (including phenoxy) is 2. The van der Waals surface area contributed by atoms with Crippen molar-refractivity contribution < 1.29 is 14.3 Å². The second kappa shape index (κ2) is 5.58. The number of hydrogen-bond acceptors (Lipinski definition) is 3. The van der Waals surface area contributed by atoms with Gasteiger partial charge in [0, 0.05) is 10.5 Å².